The number of aromatic hydroxyl groups is 1. The maximum absolute atomic E-state index is 13.6. The van der Waals surface area contributed by atoms with Crippen LogP contribution < -0.4 is 10.6 Å². The first-order valence-corrected chi connectivity index (χ1v) is 11.5. The van der Waals surface area contributed by atoms with Crippen LogP contribution in [0.1, 0.15) is 85.4 Å². The SMILES string of the molecule is CCCCNC(=O)C(c1ccc(O)c(C)c1)N(C(=O)C(C)NC(=O)OC(C)(C)C)C(C)(C)C. The summed E-state index contributed by atoms with van der Waals surface area (Å²) in [5.41, 5.74) is -0.284. The molecule has 0 aliphatic carbocycles. The highest BCUT2D eigenvalue weighted by atomic mass is 16.6. The van der Waals surface area contributed by atoms with Crippen LogP contribution in [-0.4, -0.2) is 51.6 Å². The van der Waals surface area contributed by atoms with Gasteiger partial charge in [0.1, 0.15) is 23.4 Å². The molecule has 0 saturated carbocycles. The number of phenolic OH excluding ortho intramolecular Hbond substituents is 1. The van der Waals surface area contributed by atoms with Crippen LogP contribution in [0, 0.1) is 6.92 Å². The number of carbonyl (C=O) groups is 3. The van der Waals surface area contributed by atoms with Gasteiger partial charge in [-0.15, -0.1) is 0 Å². The summed E-state index contributed by atoms with van der Waals surface area (Å²) in [4.78, 5) is 40.7. The Labute approximate surface area is 198 Å². The number of hydrogen-bond acceptors (Lipinski definition) is 5. The molecule has 186 valence electrons. The lowest BCUT2D eigenvalue weighted by Gasteiger charge is -2.42. The molecule has 1 aromatic carbocycles. The van der Waals surface area contributed by atoms with Crippen LogP contribution in [0.3, 0.4) is 0 Å². The Hall–Kier alpha value is -2.77. The molecule has 1 aromatic rings. The second kappa shape index (κ2) is 11.4. The molecule has 0 bridgehead atoms. The van der Waals surface area contributed by atoms with Crippen molar-refractivity contribution in [3.05, 3.63) is 29.3 Å². The number of phenols is 1. The first-order chi connectivity index (χ1) is 15.1. The predicted molar refractivity (Wildman–Crippen MR) is 129 cm³/mol. The number of ether oxygens (including phenoxy) is 1. The minimum Gasteiger partial charge on any atom is -0.508 e. The first-order valence-electron chi connectivity index (χ1n) is 11.5. The van der Waals surface area contributed by atoms with Gasteiger partial charge < -0.3 is 25.4 Å². The Morgan fingerprint density at radius 2 is 1.73 bits per heavy atom. The largest absolute Gasteiger partial charge is 0.508 e. The van der Waals surface area contributed by atoms with E-state index in [2.05, 4.69) is 10.6 Å². The van der Waals surface area contributed by atoms with Gasteiger partial charge in [-0.25, -0.2) is 4.79 Å². The summed E-state index contributed by atoms with van der Waals surface area (Å²) in [6, 6.07) is 2.99. The third-order valence-electron chi connectivity index (χ3n) is 4.94. The second-order valence-corrected chi connectivity index (χ2v) is 10.3. The molecular weight excluding hydrogens is 422 g/mol. The van der Waals surface area contributed by atoms with Crippen molar-refractivity contribution in [1.82, 2.24) is 15.5 Å². The van der Waals surface area contributed by atoms with Crippen molar-refractivity contribution < 1.29 is 24.2 Å². The smallest absolute Gasteiger partial charge is 0.408 e. The molecule has 0 aromatic heterocycles. The molecule has 0 radical (unpaired) electrons. The van der Waals surface area contributed by atoms with Crippen molar-refractivity contribution in [3.63, 3.8) is 0 Å². The zero-order valence-electron chi connectivity index (χ0n) is 21.5. The number of benzene rings is 1. The van der Waals surface area contributed by atoms with Gasteiger partial charge in [-0.2, -0.15) is 0 Å². The average Bonchev–Trinajstić information content (AvgIpc) is 2.65. The number of amides is 3. The van der Waals surface area contributed by atoms with Gasteiger partial charge in [-0.3, -0.25) is 9.59 Å². The van der Waals surface area contributed by atoms with Gasteiger partial charge >= 0.3 is 6.09 Å². The molecule has 1 rings (SSSR count). The fourth-order valence-electron chi connectivity index (χ4n) is 3.35. The highest BCUT2D eigenvalue weighted by molar-refractivity contribution is 5.92. The zero-order valence-corrected chi connectivity index (χ0v) is 21.5. The summed E-state index contributed by atoms with van der Waals surface area (Å²) in [5, 5.41) is 15.5. The molecule has 0 heterocycles. The molecule has 0 spiro atoms. The lowest BCUT2D eigenvalue weighted by atomic mass is 9.94. The van der Waals surface area contributed by atoms with E-state index in [4.69, 9.17) is 4.74 Å². The topological polar surface area (TPSA) is 108 Å². The van der Waals surface area contributed by atoms with Gasteiger partial charge in [0, 0.05) is 12.1 Å². The van der Waals surface area contributed by atoms with E-state index in [1.54, 1.807) is 46.8 Å². The fourth-order valence-corrected chi connectivity index (χ4v) is 3.35. The maximum atomic E-state index is 13.6. The van der Waals surface area contributed by atoms with Gasteiger partial charge in [0.15, 0.2) is 0 Å². The van der Waals surface area contributed by atoms with Crippen molar-refractivity contribution >= 4 is 17.9 Å². The van der Waals surface area contributed by atoms with E-state index >= 15 is 0 Å². The van der Waals surface area contributed by atoms with Crippen LogP contribution in [-0.2, 0) is 14.3 Å². The van der Waals surface area contributed by atoms with Crippen molar-refractivity contribution in [2.45, 2.75) is 98.4 Å². The highest BCUT2D eigenvalue weighted by Crippen LogP contribution is 2.32. The first kappa shape index (κ1) is 28.3. The molecule has 2 unspecified atom stereocenters. The number of aryl methyl sites for hydroxylation is 1. The predicted octanol–water partition coefficient (Wildman–Crippen LogP) is 4.20. The van der Waals surface area contributed by atoms with Crippen molar-refractivity contribution in [3.8, 4) is 5.75 Å². The van der Waals surface area contributed by atoms with E-state index in [1.807, 2.05) is 27.7 Å². The molecule has 3 N–H and O–H groups in total. The molecule has 8 heteroatoms. The number of nitrogens with one attached hydrogen (secondary N) is 2. The standard InChI is InChI=1S/C25H41N3O5/c1-10-11-14-26-21(30)20(18-12-13-19(29)16(2)15-18)28(24(4,5)6)22(31)17(3)27-23(32)33-25(7,8)9/h12-13,15,17,20,29H,10-11,14H2,1-9H3,(H,26,30)(H,27,32). The molecule has 0 aliphatic rings. The van der Waals surface area contributed by atoms with E-state index < -0.39 is 35.2 Å². The molecule has 0 aliphatic heterocycles. The van der Waals surface area contributed by atoms with E-state index in [1.165, 1.54) is 11.0 Å². The van der Waals surface area contributed by atoms with Crippen LogP contribution in [0.5, 0.6) is 5.75 Å². The van der Waals surface area contributed by atoms with Gasteiger partial charge in [0.2, 0.25) is 11.8 Å². The third kappa shape index (κ3) is 8.59. The Kier molecular flexibility index (Phi) is 9.75. The Morgan fingerprint density at radius 3 is 2.21 bits per heavy atom. The molecule has 33 heavy (non-hydrogen) atoms. The van der Waals surface area contributed by atoms with E-state index in [0.29, 0.717) is 17.7 Å². The number of rotatable bonds is 8. The summed E-state index contributed by atoms with van der Waals surface area (Å²) >= 11 is 0. The number of alkyl carbamates (subject to hydrolysis) is 1. The number of carbonyl (C=O) groups excluding carboxylic acids is 3. The van der Waals surface area contributed by atoms with Crippen LogP contribution in [0.25, 0.3) is 0 Å². The van der Waals surface area contributed by atoms with Crippen LogP contribution in [0.15, 0.2) is 18.2 Å². The quantitative estimate of drug-likeness (QED) is 0.501. The van der Waals surface area contributed by atoms with Crippen molar-refractivity contribution in [1.29, 1.82) is 0 Å². The van der Waals surface area contributed by atoms with Gasteiger partial charge in [-0.05, 0) is 85.1 Å². The highest BCUT2D eigenvalue weighted by Gasteiger charge is 2.40. The molecule has 3 amide bonds. The number of hydrogen-bond donors (Lipinski definition) is 3. The zero-order chi connectivity index (χ0) is 25.6. The molecular formula is C25H41N3O5. The summed E-state index contributed by atoms with van der Waals surface area (Å²) in [6.45, 7) is 16.6. The van der Waals surface area contributed by atoms with E-state index in [-0.39, 0.29) is 11.7 Å². The summed E-state index contributed by atoms with van der Waals surface area (Å²) in [5.74, 6) is -0.631. The fraction of sp³-hybridized carbons (Fsp3) is 0.640. The molecule has 2 atom stereocenters. The van der Waals surface area contributed by atoms with E-state index in [0.717, 1.165) is 12.8 Å². The minimum atomic E-state index is -0.948. The maximum Gasteiger partial charge on any atom is 0.408 e. The Bertz CT molecular complexity index is 839. The Morgan fingerprint density at radius 1 is 1.12 bits per heavy atom. The van der Waals surface area contributed by atoms with E-state index in [9.17, 15) is 19.5 Å². The second-order valence-electron chi connectivity index (χ2n) is 10.3. The van der Waals surface area contributed by atoms with Crippen LogP contribution >= 0.6 is 0 Å². The minimum absolute atomic E-state index is 0.109. The summed E-state index contributed by atoms with van der Waals surface area (Å²) < 4.78 is 5.28. The number of nitrogens with zero attached hydrogens (tertiary/aromatic N) is 1. The monoisotopic (exact) mass is 463 g/mol. The van der Waals surface area contributed by atoms with Crippen molar-refractivity contribution in [2.75, 3.05) is 6.54 Å². The molecule has 8 nitrogen and oxygen atoms in total. The van der Waals surface area contributed by atoms with Gasteiger partial charge in [0.25, 0.3) is 0 Å². The van der Waals surface area contributed by atoms with Gasteiger partial charge in [0.05, 0.1) is 0 Å². The summed E-state index contributed by atoms with van der Waals surface area (Å²) in [6.07, 6.45) is 1.02. The van der Waals surface area contributed by atoms with Gasteiger partial charge in [-0.1, -0.05) is 19.4 Å². The lowest BCUT2D eigenvalue weighted by molar-refractivity contribution is -0.148. The average molecular weight is 464 g/mol. The van der Waals surface area contributed by atoms with Crippen LogP contribution in [0.4, 0.5) is 4.79 Å². The Balaban J connectivity index is 3.39. The van der Waals surface area contributed by atoms with Crippen molar-refractivity contribution in [2.24, 2.45) is 0 Å². The number of unbranched alkanes of at least 4 members (excludes halogenated alkanes) is 1. The van der Waals surface area contributed by atoms with Crippen LogP contribution in [0.2, 0.25) is 0 Å². The normalized spacial score (nSPS) is 13.6. The summed E-state index contributed by atoms with van der Waals surface area (Å²) in [7, 11) is 0. The third-order valence-corrected chi connectivity index (χ3v) is 4.94. The lowest BCUT2D eigenvalue weighted by Crippen LogP contribution is -2.58. The molecule has 0 fully saturated rings. The molecule has 0 saturated heterocycles.